The summed E-state index contributed by atoms with van der Waals surface area (Å²) < 4.78 is 5.94. The van der Waals surface area contributed by atoms with Crippen LogP contribution in [0.25, 0.3) is 22.4 Å². The van der Waals surface area contributed by atoms with Gasteiger partial charge in [-0.1, -0.05) is 60.1 Å². The van der Waals surface area contributed by atoms with Crippen LogP contribution in [0.4, 0.5) is 5.95 Å². The molecule has 24 heavy (non-hydrogen) atoms. The van der Waals surface area contributed by atoms with Gasteiger partial charge in [0.2, 0.25) is 5.95 Å². The summed E-state index contributed by atoms with van der Waals surface area (Å²) in [5, 5.41) is 1.35. The molecule has 4 nitrogen and oxygen atoms in total. The maximum atomic E-state index is 6.36. The highest BCUT2D eigenvalue weighted by molar-refractivity contribution is 6.30. The first-order valence-corrected chi connectivity index (χ1v) is 7.93. The molecule has 0 aliphatic rings. The second kappa shape index (κ2) is 5.98. The lowest BCUT2D eigenvalue weighted by Crippen LogP contribution is -2.03. The first kappa shape index (κ1) is 14.7. The summed E-state index contributed by atoms with van der Waals surface area (Å²) in [6.45, 7) is 0. The number of rotatable bonds is 3. The summed E-state index contributed by atoms with van der Waals surface area (Å²) in [6.07, 6.45) is 0.604. The van der Waals surface area contributed by atoms with E-state index in [1.807, 2.05) is 60.7 Å². The van der Waals surface area contributed by atoms with Crippen molar-refractivity contribution in [3.63, 3.8) is 0 Å². The van der Waals surface area contributed by atoms with Crippen LogP contribution in [0.5, 0.6) is 0 Å². The van der Waals surface area contributed by atoms with Gasteiger partial charge in [-0.05, 0) is 17.7 Å². The van der Waals surface area contributed by atoms with Crippen molar-refractivity contribution in [1.29, 1.82) is 0 Å². The third-order valence-electron chi connectivity index (χ3n) is 3.86. The van der Waals surface area contributed by atoms with Crippen LogP contribution in [0.3, 0.4) is 0 Å². The van der Waals surface area contributed by atoms with Crippen molar-refractivity contribution in [3.8, 4) is 11.5 Å². The number of fused-ring (bicyclic) bond motifs is 1. The third kappa shape index (κ3) is 2.72. The standard InChI is InChI=1S/C19H14ClN3O/c20-18-14(10-12-6-2-1-3-7-12)17(22-19(21)23-18)16-11-13-8-4-5-9-15(13)24-16/h1-9,11H,10H2,(H2,21,22,23). The molecule has 0 atom stereocenters. The lowest BCUT2D eigenvalue weighted by Gasteiger charge is -2.09. The molecule has 4 aromatic rings. The maximum Gasteiger partial charge on any atom is 0.222 e. The van der Waals surface area contributed by atoms with Gasteiger partial charge in [0.15, 0.2) is 5.76 Å². The molecule has 4 rings (SSSR count). The molecule has 5 heteroatoms. The Morgan fingerprint density at radius 1 is 0.958 bits per heavy atom. The minimum absolute atomic E-state index is 0.132. The number of nitrogens with two attached hydrogens (primary N) is 1. The van der Waals surface area contributed by atoms with E-state index in [-0.39, 0.29) is 5.95 Å². The number of halogens is 1. The van der Waals surface area contributed by atoms with E-state index in [4.69, 9.17) is 21.8 Å². The van der Waals surface area contributed by atoms with E-state index in [0.29, 0.717) is 23.0 Å². The molecule has 2 N–H and O–H groups in total. The number of nitrogen functional groups attached to an aromatic ring is 1. The molecule has 0 fully saturated rings. The van der Waals surface area contributed by atoms with E-state index in [1.165, 1.54) is 0 Å². The zero-order chi connectivity index (χ0) is 16.5. The topological polar surface area (TPSA) is 64.9 Å². The van der Waals surface area contributed by atoms with Gasteiger partial charge in [-0.15, -0.1) is 0 Å². The van der Waals surface area contributed by atoms with Gasteiger partial charge >= 0.3 is 0 Å². The molecule has 2 aromatic carbocycles. The van der Waals surface area contributed by atoms with E-state index >= 15 is 0 Å². The summed E-state index contributed by atoms with van der Waals surface area (Å²) in [7, 11) is 0. The molecule has 0 bridgehead atoms. The molecule has 0 aliphatic heterocycles. The second-order valence-electron chi connectivity index (χ2n) is 5.51. The van der Waals surface area contributed by atoms with Gasteiger partial charge < -0.3 is 10.2 Å². The SMILES string of the molecule is Nc1nc(Cl)c(Cc2ccccc2)c(-c2cc3ccccc3o2)n1. The third-order valence-corrected chi connectivity index (χ3v) is 4.17. The fourth-order valence-electron chi connectivity index (χ4n) is 2.73. The molecule has 0 amide bonds. The Hall–Kier alpha value is -2.85. The smallest absolute Gasteiger partial charge is 0.222 e. The minimum Gasteiger partial charge on any atom is -0.454 e. The lowest BCUT2D eigenvalue weighted by atomic mass is 10.0. The number of nitrogens with zero attached hydrogens (tertiary/aromatic N) is 2. The van der Waals surface area contributed by atoms with Gasteiger partial charge in [-0.2, -0.15) is 0 Å². The van der Waals surface area contributed by atoms with Crippen molar-refractivity contribution < 1.29 is 4.42 Å². The number of furan rings is 1. The van der Waals surface area contributed by atoms with E-state index in [1.54, 1.807) is 0 Å². The van der Waals surface area contributed by atoms with E-state index in [9.17, 15) is 0 Å². The Labute approximate surface area is 143 Å². The van der Waals surface area contributed by atoms with E-state index in [2.05, 4.69) is 9.97 Å². The zero-order valence-electron chi connectivity index (χ0n) is 12.7. The minimum atomic E-state index is 0.132. The summed E-state index contributed by atoms with van der Waals surface area (Å²) in [5.74, 6) is 0.769. The lowest BCUT2D eigenvalue weighted by molar-refractivity contribution is 0.627. The predicted molar refractivity (Wildman–Crippen MR) is 95.9 cm³/mol. The fraction of sp³-hybridized carbons (Fsp3) is 0.0526. The molecule has 118 valence electrons. The first-order valence-electron chi connectivity index (χ1n) is 7.55. The molecule has 0 saturated carbocycles. The molecule has 0 radical (unpaired) electrons. The van der Waals surface area contributed by atoms with Crippen LogP contribution in [0.1, 0.15) is 11.1 Å². The number of hydrogen-bond acceptors (Lipinski definition) is 4. The van der Waals surface area contributed by atoms with Crippen molar-refractivity contribution >= 4 is 28.5 Å². The van der Waals surface area contributed by atoms with Gasteiger partial charge in [0, 0.05) is 17.4 Å². The van der Waals surface area contributed by atoms with Crippen LogP contribution in [-0.4, -0.2) is 9.97 Å². The van der Waals surface area contributed by atoms with Crippen LogP contribution in [-0.2, 0) is 6.42 Å². The van der Waals surface area contributed by atoms with Crippen molar-refractivity contribution in [3.05, 3.63) is 76.9 Å². The molecule has 2 aromatic heterocycles. The Morgan fingerprint density at radius 2 is 1.71 bits per heavy atom. The van der Waals surface area contributed by atoms with Crippen molar-refractivity contribution in [2.45, 2.75) is 6.42 Å². The molecule has 0 saturated heterocycles. The number of hydrogen-bond donors (Lipinski definition) is 1. The first-order chi connectivity index (χ1) is 11.7. The van der Waals surface area contributed by atoms with Crippen LogP contribution in [0, 0.1) is 0 Å². The van der Waals surface area contributed by atoms with Gasteiger partial charge in [0.1, 0.15) is 16.4 Å². The molecule has 0 aliphatic carbocycles. The largest absolute Gasteiger partial charge is 0.454 e. The second-order valence-corrected chi connectivity index (χ2v) is 5.87. The van der Waals surface area contributed by atoms with Crippen LogP contribution < -0.4 is 5.73 Å². The van der Waals surface area contributed by atoms with E-state index in [0.717, 1.165) is 22.1 Å². The quantitative estimate of drug-likeness (QED) is 0.550. The number of benzene rings is 2. The monoisotopic (exact) mass is 335 g/mol. The van der Waals surface area contributed by atoms with Gasteiger partial charge in [-0.3, -0.25) is 0 Å². The van der Waals surface area contributed by atoms with Crippen molar-refractivity contribution in [1.82, 2.24) is 9.97 Å². The Morgan fingerprint density at radius 3 is 2.50 bits per heavy atom. The predicted octanol–water partition coefficient (Wildman–Crippen LogP) is 4.72. The molecule has 2 heterocycles. The number of anilines is 1. The summed E-state index contributed by atoms with van der Waals surface area (Å²) >= 11 is 6.36. The van der Waals surface area contributed by atoms with Crippen LogP contribution in [0.2, 0.25) is 5.15 Å². The molecule has 0 unspecified atom stereocenters. The highest BCUT2D eigenvalue weighted by Gasteiger charge is 2.18. The maximum absolute atomic E-state index is 6.36. The normalized spacial score (nSPS) is 11.0. The van der Waals surface area contributed by atoms with Gasteiger partial charge in [0.25, 0.3) is 0 Å². The molecular weight excluding hydrogens is 322 g/mol. The highest BCUT2D eigenvalue weighted by atomic mass is 35.5. The average Bonchev–Trinajstić information content (AvgIpc) is 3.02. The Bertz CT molecular complexity index is 979. The molecular formula is C19H14ClN3O. The van der Waals surface area contributed by atoms with E-state index < -0.39 is 0 Å². The number of para-hydroxylation sites is 1. The average molecular weight is 336 g/mol. The summed E-state index contributed by atoms with van der Waals surface area (Å²) in [5.41, 5.74) is 9.15. The van der Waals surface area contributed by atoms with Crippen molar-refractivity contribution in [2.75, 3.05) is 5.73 Å². The Balaban J connectivity index is 1.87. The van der Waals surface area contributed by atoms with Crippen LogP contribution >= 0.6 is 11.6 Å². The summed E-state index contributed by atoms with van der Waals surface area (Å²) in [4.78, 5) is 8.48. The van der Waals surface area contributed by atoms with Gasteiger partial charge in [0.05, 0.1) is 0 Å². The fourth-order valence-corrected chi connectivity index (χ4v) is 2.97. The zero-order valence-corrected chi connectivity index (χ0v) is 13.5. The van der Waals surface area contributed by atoms with Gasteiger partial charge in [-0.25, -0.2) is 9.97 Å². The molecule has 0 spiro atoms. The Kier molecular flexibility index (Phi) is 3.67. The summed E-state index contributed by atoms with van der Waals surface area (Å²) in [6, 6.07) is 19.8. The van der Waals surface area contributed by atoms with Crippen LogP contribution in [0.15, 0.2) is 65.1 Å². The van der Waals surface area contributed by atoms with Crippen molar-refractivity contribution in [2.24, 2.45) is 0 Å². The number of aromatic nitrogens is 2. The highest BCUT2D eigenvalue weighted by Crippen LogP contribution is 2.33.